The topological polar surface area (TPSA) is 39.2 Å². The molecule has 0 aliphatic carbocycles. The fourth-order valence-corrected chi connectivity index (χ4v) is 1.75. The molecule has 0 aliphatic heterocycles. The van der Waals surface area contributed by atoms with Crippen LogP contribution in [0.4, 0.5) is 0 Å². The molecule has 84 valence electrons. The Hall–Kier alpha value is -0.740. The van der Waals surface area contributed by atoms with Gasteiger partial charge in [-0.15, -0.1) is 11.3 Å². The van der Waals surface area contributed by atoms with Gasteiger partial charge in [-0.05, 0) is 27.2 Å². The van der Waals surface area contributed by atoms with Gasteiger partial charge >= 0.3 is 0 Å². The quantitative estimate of drug-likeness (QED) is 0.726. The number of rotatable bonds is 5. The van der Waals surface area contributed by atoms with Crippen molar-refractivity contribution in [2.24, 2.45) is 0 Å². The Bertz CT molecular complexity index is 344. The highest BCUT2D eigenvalue weighted by Gasteiger charge is 2.19. The molecule has 0 saturated heterocycles. The average molecular weight is 227 g/mol. The second-order valence-corrected chi connectivity index (χ2v) is 5.20. The van der Waals surface area contributed by atoms with Gasteiger partial charge in [0, 0.05) is 18.9 Å². The van der Waals surface area contributed by atoms with E-state index in [0.29, 0.717) is 12.1 Å². The van der Waals surface area contributed by atoms with Crippen LogP contribution >= 0.6 is 11.3 Å². The molecule has 0 atom stereocenters. The van der Waals surface area contributed by atoms with Crippen molar-refractivity contribution in [3.8, 4) is 0 Å². The molecule has 0 unspecified atom stereocenters. The highest BCUT2D eigenvalue weighted by Crippen LogP contribution is 2.18. The second-order valence-electron chi connectivity index (χ2n) is 4.14. The Morgan fingerprint density at radius 2 is 2.27 bits per heavy atom. The van der Waals surface area contributed by atoms with Crippen LogP contribution in [-0.4, -0.2) is 23.5 Å². The van der Waals surface area contributed by atoms with E-state index < -0.39 is 0 Å². The van der Waals surface area contributed by atoms with Crippen LogP contribution in [0.15, 0.2) is 5.38 Å². The molecule has 1 heterocycles. The third kappa shape index (κ3) is 3.72. The number of hydrogen-bond acceptors (Lipinski definition) is 4. The first-order valence-electron chi connectivity index (χ1n) is 4.95. The van der Waals surface area contributed by atoms with Crippen molar-refractivity contribution in [2.75, 3.05) is 7.11 Å². The molecule has 0 aliphatic rings. The van der Waals surface area contributed by atoms with Gasteiger partial charge in [0.1, 0.15) is 5.69 Å². The molecule has 0 saturated carbocycles. The lowest BCUT2D eigenvalue weighted by Crippen LogP contribution is -2.23. The molecular weight excluding hydrogens is 210 g/mol. The number of carbonyl (C=O) groups excluding carboxylic acids is 1. The fourth-order valence-electron chi connectivity index (χ4n) is 1.14. The van der Waals surface area contributed by atoms with E-state index in [1.54, 1.807) is 7.11 Å². The summed E-state index contributed by atoms with van der Waals surface area (Å²) >= 11 is 1.51. The van der Waals surface area contributed by atoms with Crippen LogP contribution < -0.4 is 0 Å². The zero-order chi connectivity index (χ0) is 11.5. The van der Waals surface area contributed by atoms with Gasteiger partial charge in [-0.1, -0.05) is 0 Å². The maximum atomic E-state index is 11.7. The van der Waals surface area contributed by atoms with Crippen LogP contribution in [0.5, 0.6) is 0 Å². The van der Waals surface area contributed by atoms with Gasteiger partial charge in [0.25, 0.3) is 0 Å². The third-order valence-electron chi connectivity index (χ3n) is 2.41. The largest absolute Gasteiger partial charge is 0.379 e. The average Bonchev–Trinajstić information content (AvgIpc) is 2.61. The highest BCUT2D eigenvalue weighted by atomic mass is 32.1. The summed E-state index contributed by atoms with van der Waals surface area (Å²) in [4.78, 5) is 15.9. The monoisotopic (exact) mass is 227 g/mol. The van der Waals surface area contributed by atoms with Gasteiger partial charge in [0.15, 0.2) is 5.78 Å². The lowest BCUT2D eigenvalue weighted by atomic mass is 10.00. The number of ether oxygens (including phenoxy) is 1. The minimum Gasteiger partial charge on any atom is -0.379 e. The van der Waals surface area contributed by atoms with Crippen LogP contribution in [0.25, 0.3) is 0 Å². The molecule has 1 aromatic heterocycles. The lowest BCUT2D eigenvalue weighted by Gasteiger charge is -2.21. The van der Waals surface area contributed by atoms with Crippen molar-refractivity contribution >= 4 is 17.1 Å². The molecule has 0 spiro atoms. The number of nitrogens with zero attached hydrogens (tertiary/aromatic N) is 1. The number of methoxy groups -OCH3 is 1. The summed E-state index contributed by atoms with van der Waals surface area (Å²) in [5.74, 6) is 0.101. The Kier molecular flexibility index (Phi) is 3.99. The van der Waals surface area contributed by atoms with Crippen molar-refractivity contribution in [1.82, 2.24) is 4.98 Å². The van der Waals surface area contributed by atoms with Crippen molar-refractivity contribution in [2.45, 2.75) is 39.2 Å². The molecule has 0 aromatic carbocycles. The minimum absolute atomic E-state index is 0.101. The molecule has 1 rings (SSSR count). The normalized spacial score (nSPS) is 11.7. The number of Topliss-reactive ketones (excluding diaryl/α,β-unsaturated/α-hetero) is 1. The van der Waals surface area contributed by atoms with E-state index in [1.165, 1.54) is 11.3 Å². The van der Waals surface area contributed by atoms with Gasteiger partial charge in [0.2, 0.25) is 0 Å². The summed E-state index contributed by atoms with van der Waals surface area (Å²) in [5, 5.41) is 2.75. The van der Waals surface area contributed by atoms with Crippen LogP contribution in [0.2, 0.25) is 0 Å². The molecule has 15 heavy (non-hydrogen) atoms. The number of aromatic nitrogens is 1. The number of carbonyl (C=O) groups is 1. The summed E-state index contributed by atoms with van der Waals surface area (Å²) in [7, 11) is 1.66. The molecular formula is C11H17NO2S. The zero-order valence-electron chi connectivity index (χ0n) is 9.66. The highest BCUT2D eigenvalue weighted by molar-refractivity contribution is 7.09. The first-order chi connectivity index (χ1) is 6.94. The summed E-state index contributed by atoms with van der Waals surface area (Å²) in [6.07, 6.45) is 1.21. The standard InChI is InChI=1S/C11H17NO2S/c1-8-12-9(7-15-8)10(13)5-6-11(2,3)14-4/h7H,5-6H2,1-4H3. The molecule has 1 aromatic rings. The van der Waals surface area contributed by atoms with E-state index in [-0.39, 0.29) is 11.4 Å². The number of ketones is 1. The van der Waals surface area contributed by atoms with E-state index in [2.05, 4.69) is 4.98 Å². The molecule has 0 N–H and O–H groups in total. The summed E-state index contributed by atoms with van der Waals surface area (Å²) in [6, 6.07) is 0. The molecule has 0 amide bonds. The fraction of sp³-hybridized carbons (Fsp3) is 0.636. The van der Waals surface area contributed by atoms with Gasteiger partial charge in [0.05, 0.1) is 10.6 Å². The van der Waals surface area contributed by atoms with E-state index in [1.807, 2.05) is 26.2 Å². The van der Waals surface area contributed by atoms with Crippen LogP contribution in [-0.2, 0) is 4.74 Å². The van der Waals surface area contributed by atoms with E-state index in [0.717, 1.165) is 11.4 Å². The predicted octanol–water partition coefficient (Wildman–Crippen LogP) is 2.84. The Morgan fingerprint density at radius 3 is 2.73 bits per heavy atom. The number of hydrogen-bond donors (Lipinski definition) is 0. The van der Waals surface area contributed by atoms with Gasteiger partial charge < -0.3 is 4.74 Å². The smallest absolute Gasteiger partial charge is 0.182 e. The maximum Gasteiger partial charge on any atom is 0.182 e. The van der Waals surface area contributed by atoms with Crippen molar-refractivity contribution < 1.29 is 9.53 Å². The summed E-state index contributed by atoms with van der Waals surface area (Å²) < 4.78 is 5.26. The Labute approximate surface area is 94.5 Å². The van der Waals surface area contributed by atoms with E-state index in [9.17, 15) is 4.79 Å². The zero-order valence-corrected chi connectivity index (χ0v) is 10.5. The summed E-state index contributed by atoms with van der Waals surface area (Å²) in [6.45, 7) is 5.86. The van der Waals surface area contributed by atoms with Gasteiger partial charge in [-0.2, -0.15) is 0 Å². The lowest BCUT2D eigenvalue weighted by molar-refractivity contribution is 0.0141. The minimum atomic E-state index is -0.235. The third-order valence-corrected chi connectivity index (χ3v) is 3.18. The van der Waals surface area contributed by atoms with Crippen LogP contribution in [0.1, 0.15) is 42.2 Å². The molecule has 0 fully saturated rings. The number of aryl methyl sites for hydroxylation is 1. The number of thiazole rings is 1. The van der Waals surface area contributed by atoms with Crippen molar-refractivity contribution in [3.63, 3.8) is 0 Å². The van der Waals surface area contributed by atoms with Gasteiger partial charge in [-0.3, -0.25) is 4.79 Å². The SMILES string of the molecule is COC(C)(C)CCC(=O)c1csc(C)n1. The predicted molar refractivity (Wildman–Crippen MR) is 61.5 cm³/mol. The van der Waals surface area contributed by atoms with Crippen LogP contribution in [0.3, 0.4) is 0 Å². The van der Waals surface area contributed by atoms with E-state index >= 15 is 0 Å². The van der Waals surface area contributed by atoms with Crippen molar-refractivity contribution in [3.05, 3.63) is 16.1 Å². The second kappa shape index (κ2) is 4.86. The first kappa shape index (κ1) is 12.3. The summed E-state index contributed by atoms with van der Waals surface area (Å²) in [5.41, 5.74) is 0.352. The molecule has 0 bridgehead atoms. The Morgan fingerprint density at radius 1 is 1.60 bits per heavy atom. The molecule has 0 radical (unpaired) electrons. The molecule has 3 nitrogen and oxygen atoms in total. The van der Waals surface area contributed by atoms with Gasteiger partial charge in [-0.25, -0.2) is 4.98 Å². The van der Waals surface area contributed by atoms with E-state index in [4.69, 9.17) is 4.74 Å². The Balaban J connectivity index is 2.50. The van der Waals surface area contributed by atoms with Crippen molar-refractivity contribution in [1.29, 1.82) is 0 Å². The van der Waals surface area contributed by atoms with Crippen LogP contribution in [0, 0.1) is 6.92 Å². The maximum absolute atomic E-state index is 11.7. The molecule has 4 heteroatoms. The first-order valence-corrected chi connectivity index (χ1v) is 5.83.